The van der Waals surface area contributed by atoms with E-state index in [0.717, 1.165) is 5.56 Å². The fraction of sp³-hybridized carbons (Fsp3) is 0.455. The number of aliphatic hydroxyl groups is 1. The average molecular weight is 264 g/mol. The minimum absolute atomic E-state index is 0. The van der Waals surface area contributed by atoms with Crippen LogP contribution in [-0.2, 0) is 6.42 Å². The van der Waals surface area contributed by atoms with Crippen molar-refractivity contribution >= 4 is 12.4 Å². The predicted octanol–water partition coefficient (Wildman–Crippen LogP) is 0.693. The molecule has 0 saturated carbocycles. The van der Waals surface area contributed by atoms with Gasteiger partial charge in [0.2, 0.25) is 5.75 Å². The summed E-state index contributed by atoms with van der Waals surface area (Å²) < 4.78 is 10.1. The first-order valence-electron chi connectivity index (χ1n) is 4.92. The van der Waals surface area contributed by atoms with Crippen molar-refractivity contribution in [2.75, 3.05) is 20.8 Å². The van der Waals surface area contributed by atoms with E-state index in [9.17, 15) is 5.11 Å². The Morgan fingerprint density at radius 3 is 2.41 bits per heavy atom. The molecule has 6 heteroatoms. The third-order valence-corrected chi connectivity index (χ3v) is 2.25. The van der Waals surface area contributed by atoms with Gasteiger partial charge in [-0.2, -0.15) is 0 Å². The van der Waals surface area contributed by atoms with Crippen molar-refractivity contribution in [2.24, 2.45) is 5.73 Å². The Bertz CT molecular complexity index is 360. The topological polar surface area (TPSA) is 84.9 Å². The van der Waals surface area contributed by atoms with Crippen LogP contribution in [0.5, 0.6) is 17.2 Å². The maximum Gasteiger partial charge on any atom is 0.203 e. The van der Waals surface area contributed by atoms with E-state index in [0.29, 0.717) is 17.9 Å². The number of rotatable bonds is 5. The lowest BCUT2D eigenvalue weighted by molar-refractivity contribution is 0.265. The monoisotopic (exact) mass is 263 g/mol. The van der Waals surface area contributed by atoms with Gasteiger partial charge >= 0.3 is 0 Å². The second-order valence-electron chi connectivity index (χ2n) is 3.50. The van der Waals surface area contributed by atoms with Gasteiger partial charge in [0.15, 0.2) is 11.5 Å². The quantitative estimate of drug-likeness (QED) is 0.728. The summed E-state index contributed by atoms with van der Waals surface area (Å²) in [5.41, 5.74) is 6.40. The Kier molecular flexibility index (Phi) is 6.72. The molecule has 17 heavy (non-hydrogen) atoms. The highest BCUT2D eigenvalue weighted by Gasteiger charge is 2.13. The van der Waals surface area contributed by atoms with E-state index >= 15 is 0 Å². The Morgan fingerprint density at radius 1 is 1.29 bits per heavy atom. The van der Waals surface area contributed by atoms with Crippen LogP contribution >= 0.6 is 12.4 Å². The molecule has 0 radical (unpaired) electrons. The van der Waals surface area contributed by atoms with Gasteiger partial charge in [-0.25, -0.2) is 0 Å². The maximum absolute atomic E-state index is 9.68. The van der Waals surface area contributed by atoms with Crippen LogP contribution in [0.1, 0.15) is 5.56 Å². The second kappa shape index (κ2) is 7.21. The Labute approximate surface area is 107 Å². The molecule has 1 aromatic rings. The van der Waals surface area contributed by atoms with Crippen LogP contribution < -0.4 is 15.2 Å². The van der Waals surface area contributed by atoms with Crippen molar-refractivity contribution in [1.29, 1.82) is 0 Å². The lowest BCUT2D eigenvalue weighted by atomic mass is 10.1. The minimum Gasteiger partial charge on any atom is -0.504 e. The molecule has 0 bridgehead atoms. The Hall–Kier alpha value is -1.17. The number of aromatic hydroxyl groups is 1. The van der Waals surface area contributed by atoms with E-state index in [4.69, 9.17) is 20.3 Å². The number of methoxy groups -OCH3 is 2. The van der Waals surface area contributed by atoms with Gasteiger partial charge in [-0.15, -0.1) is 12.4 Å². The fourth-order valence-electron chi connectivity index (χ4n) is 1.48. The molecule has 1 unspecified atom stereocenters. The van der Waals surface area contributed by atoms with Crippen molar-refractivity contribution in [3.8, 4) is 17.2 Å². The molecule has 0 heterocycles. The lowest BCUT2D eigenvalue weighted by Gasteiger charge is -2.13. The summed E-state index contributed by atoms with van der Waals surface area (Å²) in [5.74, 6) is 0.744. The summed E-state index contributed by atoms with van der Waals surface area (Å²) in [5, 5.41) is 18.5. The van der Waals surface area contributed by atoms with Crippen molar-refractivity contribution in [1.82, 2.24) is 0 Å². The lowest BCUT2D eigenvalue weighted by Crippen LogP contribution is -2.26. The molecule has 0 amide bonds. The highest BCUT2D eigenvalue weighted by atomic mass is 35.5. The van der Waals surface area contributed by atoms with Gasteiger partial charge < -0.3 is 25.4 Å². The van der Waals surface area contributed by atoms with Crippen LogP contribution in [0.25, 0.3) is 0 Å². The van der Waals surface area contributed by atoms with Crippen LogP contribution in [0.15, 0.2) is 12.1 Å². The summed E-state index contributed by atoms with van der Waals surface area (Å²) in [6.45, 7) is -0.102. The first-order valence-corrected chi connectivity index (χ1v) is 4.92. The van der Waals surface area contributed by atoms with Crippen LogP contribution in [0.3, 0.4) is 0 Å². The number of hydrogen-bond acceptors (Lipinski definition) is 5. The number of ether oxygens (including phenoxy) is 2. The third-order valence-electron chi connectivity index (χ3n) is 2.25. The SMILES string of the molecule is COc1cc(CC(N)CO)cc(O)c1OC.Cl. The number of phenols is 1. The van der Waals surface area contributed by atoms with Gasteiger partial charge in [0.25, 0.3) is 0 Å². The number of nitrogens with two attached hydrogens (primary N) is 1. The van der Waals surface area contributed by atoms with Gasteiger partial charge in [-0.05, 0) is 24.1 Å². The van der Waals surface area contributed by atoms with Crippen molar-refractivity contribution < 1.29 is 19.7 Å². The van der Waals surface area contributed by atoms with Crippen LogP contribution in [0.4, 0.5) is 0 Å². The highest BCUT2D eigenvalue weighted by Crippen LogP contribution is 2.37. The van der Waals surface area contributed by atoms with Crippen LogP contribution in [0.2, 0.25) is 0 Å². The largest absolute Gasteiger partial charge is 0.504 e. The van der Waals surface area contributed by atoms with E-state index < -0.39 is 0 Å². The fourth-order valence-corrected chi connectivity index (χ4v) is 1.48. The molecule has 4 N–H and O–H groups in total. The minimum atomic E-state index is -0.350. The molecule has 0 aromatic heterocycles. The molecule has 1 rings (SSSR count). The van der Waals surface area contributed by atoms with Gasteiger partial charge in [-0.1, -0.05) is 0 Å². The molecule has 0 spiro atoms. The van der Waals surface area contributed by atoms with Crippen molar-refractivity contribution in [2.45, 2.75) is 12.5 Å². The number of aliphatic hydroxyl groups excluding tert-OH is 1. The normalized spacial score (nSPS) is 11.5. The molecular formula is C11H18ClNO4. The zero-order chi connectivity index (χ0) is 12.1. The van der Waals surface area contributed by atoms with E-state index in [-0.39, 0.29) is 30.8 Å². The molecule has 0 aliphatic heterocycles. The Balaban J connectivity index is 0.00000256. The Morgan fingerprint density at radius 2 is 1.94 bits per heavy atom. The third kappa shape index (κ3) is 3.96. The van der Waals surface area contributed by atoms with E-state index in [1.54, 1.807) is 12.1 Å². The van der Waals surface area contributed by atoms with Gasteiger partial charge in [0.1, 0.15) is 0 Å². The number of hydrogen-bond donors (Lipinski definition) is 3. The first-order chi connectivity index (χ1) is 7.62. The maximum atomic E-state index is 9.68. The molecule has 0 aliphatic rings. The van der Waals surface area contributed by atoms with Crippen molar-refractivity contribution in [3.05, 3.63) is 17.7 Å². The standard InChI is InChI=1S/C11H17NO4.ClH/c1-15-10-5-7(3-8(12)6-13)4-9(14)11(10)16-2;/h4-5,8,13-14H,3,6,12H2,1-2H3;1H. The van der Waals surface area contributed by atoms with E-state index in [1.165, 1.54) is 14.2 Å². The highest BCUT2D eigenvalue weighted by molar-refractivity contribution is 5.85. The smallest absolute Gasteiger partial charge is 0.203 e. The van der Waals surface area contributed by atoms with Crippen LogP contribution in [-0.4, -0.2) is 37.1 Å². The summed E-state index contributed by atoms with van der Waals surface area (Å²) in [6.07, 6.45) is 0.463. The van der Waals surface area contributed by atoms with Gasteiger partial charge in [0.05, 0.1) is 20.8 Å². The number of benzene rings is 1. The zero-order valence-electron chi connectivity index (χ0n) is 9.84. The molecule has 0 aliphatic carbocycles. The molecule has 5 nitrogen and oxygen atoms in total. The summed E-state index contributed by atoms with van der Waals surface area (Å²) >= 11 is 0. The van der Waals surface area contributed by atoms with Gasteiger partial charge in [-0.3, -0.25) is 0 Å². The zero-order valence-corrected chi connectivity index (χ0v) is 10.7. The summed E-state index contributed by atoms with van der Waals surface area (Å²) in [4.78, 5) is 0. The molecule has 1 aromatic carbocycles. The van der Waals surface area contributed by atoms with E-state index in [2.05, 4.69) is 0 Å². The molecule has 1 atom stereocenters. The number of phenolic OH excluding ortho intramolecular Hbond substituents is 1. The summed E-state index contributed by atoms with van der Waals surface area (Å²) in [7, 11) is 2.95. The molecule has 98 valence electrons. The molecule has 0 fully saturated rings. The van der Waals surface area contributed by atoms with Gasteiger partial charge in [0, 0.05) is 6.04 Å². The molecule has 0 saturated heterocycles. The number of halogens is 1. The second-order valence-corrected chi connectivity index (χ2v) is 3.50. The summed E-state index contributed by atoms with van der Waals surface area (Å²) in [6, 6.07) is 2.93. The van der Waals surface area contributed by atoms with E-state index in [1.807, 2.05) is 0 Å². The molecular weight excluding hydrogens is 246 g/mol. The predicted molar refractivity (Wildman–Crippen MR) is 67.2 cm³/mol. The first kappa shape index (κ1) is 15.8. The van der Waals surface area contributed by atoms with Crippen LogP contribution in [0, 0.1) is 0 Å². The average Bonchev–Trinajstić information content (AvgIpc) is 2.28. The van der Waals surface area contributed by atoms with Crippen molar-refractivity contribution in [3.63, 3.8) is 0 Å².